The fraction of sp³-hybridized carbons (Fsp3) is 0.0526. The van der Waals surface area contributed by atoms with Crippen molar-refractivity contribution in [2.75, 3.05) is 18.2 Å². The minimum Gasteiger partial charge on any atom is -0.497 e. The minimum absolute atomic E-state index is 0.749. The predicted octanol–water partition coefficient (Wildman–Crippen LogP) is 4.81. The van der Waals surface area contributed by atoms with Gasteiger partial charge in [-0.15, -0.1) is 0 Å². The Morgan fingerprint density at radius 2 is 1.09 bits per heavy atom. The third-order valence-electron chi connectivity index (χ3n) is 3.35. The predicted molar refractivity (Wildman–Crippen MR) is 93.6 cm³/mol. The van der Waals surface area contributed by atoms with Crippen molar-refractivity contribution >= 4 is 17.1 Å². The number of ether oxygens (including phenoxy) is 2. The molecule has 0 fully saturated rings. The van der Waals surface area contributed by atoms with Gasteiger partial charge in [-0.25, -0.2) is 0 Å². The lowest BCUT2D eigenvalue weighted by Gasteiger charge is -2.09. The lowest BCUT2D eigenvalue weighted by Crippen LogP contribution is -1.91. The quantitative estimate of drug-likeness (QED) is 0.664. The average molecular weight is 306 g/mol. The van der Waals surface area contributed by atoms with Gasteiger partial charge in [0.25, 0.3) is 0 Å². The number of anilines is 3. The molecule has 0 aliphatic rings. The second-order valence-electron chi connectivity index (χ2n) is 5.05. The van der Waals surface area contributed by atoms with E-state index in [0.717, 1.165) is 34.3 Å². The van der Waals surface area contributed by atoms with Crippen LogP contribution in [0.15, 0.2) is 72.8 Å². The SMILES string of the molecule is COc1ccc(Oc2ccc(Nc3ccc(N)cc3)cc2)cc1. The molecule has 3 aromatic carbocycles. The van der Waals surface area contributed by atoms with E-state index in [2.05, 4.69) is 5.32 Å². The molecule has 3 N–H and O–H groups in total. The summed E-state index contributed by atoms with van der Waals surface area (Å²) in [6.45, 7) is 0. The van der Waals surface area contributed by atoms with E-state index >= 15 is 0 Å². The number of methoxy groups -OCH3 is 1. The van der Waals surface area contributed by atoms with E-state index in [1.165, 1.54) is 0 Å². The molecule has 4 nitrogen and oxygen atoms in total. The molecule has 0 saturated carbocycles. The smallest absolute Gasteiger partial charge is 0.127 e. The van der Waals surface area contributed by atoms with Crippen LogP contribution in [0.4, 0.5) is 17.1 Å². The van der Waals surface area contributed by atoms with Gasteiger partial charge in [0.1, 0.15) is 17.2 Å². The van der Waals surface area contributed by atoms with Gasteiger partial charge in [-0.3, -0.25) is 0 Å². The third-order valence-corrected chi connectivity index (χ3v) is 3.35. The molecule has 0 aromatic heterocycles. The van der Waals surface area contributed by atoms with Crippen molar-refractivity contribution in [1.82, 2.24) is 0 Å². The molecule has 0 saturated heterocycles. The molecule has 4 heteroatoms. The van der Waals surface area contributed by atoms with Gasteiger partial charge in [0.2, 0.25) is 0 Å². The highest BCUT2D eigenvalue weighted by molar-refractivity contribution is 5.62. The van der Waals surface area contributed by atoms with E-state index in [0.29, 0.717) is 0 Å². The fourth-order valence-corrected chi connectivity index (χ4v) is 2.12. The number of nitrogens with one attached hydrogen (secondary N) is 1. The summed E-state index contributed by atoms with van der Waals surface area (Å²) in [5.41, 5.74) is 8.40. The first-order valence-electron chi connectivity index (χ1n) is 7.27. The van der Waals surface area contributed by atoms with Gasteiger partial charge < -0.3 is 20.5 Å². The van der Waals surface area contributed by atoms with E-state index < -0.39 is 0 Å². The molecule has 0 aliphatic heterocycles. The van der Waals surface area contributed by atoms with Crippen LogP contribution in [0.1, 0.15) is 0 Å². The molecule has 0 bridgehead atoms. The molecular formula is C19H18N2O2. The third kappa shape index (κ3) is 3.95. The summed E-state index contributed by atoms with van der Waals surface area (Å²) in [7, 11) is 1.64. The molecule has 0 aliphatic carbocycles. The van der Waals surface area contributed by atoms with Crippen LogP contribution in [0, 0.1) is 0 Å². The molecule has 0 atom stereocenters. The lowest BCUT2D eigenvalue weighted by atomic mass is 10.2. The van der Waals surface area contributed by atoms with Gasteiger partial charge in [-0.1, -0.05) is 0 Å². The highest BCUT2D eigenvalue weighted by Gasteiger charge is 2.00. The summed E-state index contributed by atoms with van der Waals surface area (Å²) in [6, 6.07) is 22.9. The van der Waals surface area contributed by atoms with Gasteiger partial charge in [0.05, 0.1) is 7.11 Å². The Hall–Kier alpha value is -3.14. The second kappa shape index (κ2) is 6.75. The first-order chi connectivity index (χ1) is 11.2. The Morgan fingerprint density at radius 3 is 1.61 bits per heavy atom. The van der Waals surface area contributed by atoms with Gasteiger partial charge >= 0.3 is 0 Å². The zero-order chi connectivity index (χ0) is 16.1. The fourth-order valence-electron chi connectivity index (χ4n) is 2.12. The van der Waals surface area contributed by atoms with Crippen LogP contribution in [0.5, 0.6) is 17.2 Å². The zero-order valence-corrected chi connectivity index (χ0v) is 12.8. The van der Waals surface area contributed by atoms with Crippen molar-refractivity contribution in [3.63, 3.8) is 0 Å². The lowest BCUT2D eigenvalue weighted by molar-refractivity contribution is 0.413. The van der Waals surface area contributed by atoms with Crippen molar-refractivity contribution < 1.29 is 9.47 Å². The first-order valence-corrected chi connectivity index (χ1v) is 7.27. The molecule has 0 amide bonds. The zero-order valence-electron chi connectivity index (χ0n) is 12.8. The maximum atomic E-state index is 5.80. The average Bonchev–Trinajstić information content (AvgIpc) is 2.59. The summed E-state index contributed by atoms with van der Waals surface area (Å²) < 4.78 is 10.9. The van der Waals surface area contributed by atoms with E-state index in [1.807, 2.05) is 72.8 Å². The summed E-state index contributed by atoms with van der Waals surface area (Å²) in [6.07, 6.45) is 0. The molecular weight excluding hydrogens is 288 g/mol. The maximum Gasteiger partial charge on any atom is 0.127 e. The maximum absolute atomic E-state index is 5.80. The second-order valence-corrected chi connectivity index (χ2v) is 5.05. The van der Waals surface area contributed by atoms with Gasteiger partial charge in [-0.2, -0.15) is 0 Å². The Bertz CT molecular complexity index is 751. The number of rotatable bonds is 5. The number of nitrogens with two attached hydrogens (primary N) is 1. The van der Waals surface area contributed by atoms with E-state index in [9.17, 15) is 0 Å². The van der Waals surface area contributed by atoms with Crippen molar-refractivity contribution in [2.24, 2.45) is 0 Å². The summed E-state index contributed by atoms with van der Waals surface area (Å²) in [5.74, 6) is 2.35. The van der Waals surface area contributed by atoms with Crippen LogP contribution in [0.2, 0.25) is 0 Å². The highest BCUT2D eigenvalue weighted by atomic mass is 16.5. The molecule has 116 valence electrons. The van der Waals surface area contributed by atoms with Crippen molar-refractivity contribution in [3.8, 4) is 17.2 Å². The van der Waals surface area contributed by atoms with Crippen LogP contribution in [0.3, 0.4) is 0 Å². The Balaban J connectivity index is 1.65. The van der Waals surface area contributed by atoms with Crippen LogP contribution in [-0.4, -0.2) is 7.11 Å². The Kier molecular flexibility index (Phi) is 4.34. The minimum atomic E-state index is 0.749. The standard InChI is InChI=1S/C19H18N2O2/c1-22-17-10-12-19(13-11-17)23-18-8-6-16(7-9-18)21-15-4-2-14(20)3-5-15/h2-13,21H,20H2,1H3. The van der Waals surface area contributed by atoms with E-state index in [1.54, 1.807) is 7.11 Å². The topological polar surface area (TPSA) is 56.5 Å². The van der Waals surface area contributed by atoms with Crippen LogP contribution >= 0.6 is 0 Å². The van der Waals surface area contributed by atoms with Crippen LogP contribution in [0.25, 0.3) is 0 Å². The Morgan fingerprint density at radius 1 is 0.652 bits per heavy atom. The van der Waals surface area contributed by atoms with Crippen molar-refractivity contribution in [1.29, 1.82) is 0 Å². The molecule has 0 spiro atoms. The number of hydrogen-bond acceptors (Lipinski definition) is 4. The molecule has 0 heterocycles. The summed E-state index contributed by atoms with van der Waals surface area (Å²) in [4.78, 5) is 0. The van der Waals surface area contributed by atoms with Crippen molar-refractivity contribution in [3.05, 3.63) is 72.8 Å². The monoisotopic (exact) mass is 306 g/mol. The van der Waals surface area contributed by atoms with E-state index in [4.69, 9.17) is 15.2 Å². The van der Waals surface area contributed by atoms with Gasteiger partial charge in [-0.05, 0) is 72.8 Å². The van der Waals surface area contributed by atoms with E-state index in [-0.39, 0.29) is 0 Å². The summed E-state index contributed by atoms with van der Waals surface area (Å²) >= 11 is 0. The van der Waals surface area contributed by atoms with Gasteiger partial charge in [0, 0.05) is 17.1 Å². The molecule has 0 radical (unpaired) electrons. The number of benzene rings is 3. The number of hydrogen-bond donors (Lipinski definition) is 2. The van der Waals surface area contributed by atoms with Gasteiger partial charge in [0.15, 0.2) is 0 Å². The van der Waals surface area contributed by atoms with Crippen molar-refractivity contribution in [2.45, 2.75) is 0 Å². The molecule has 23 heavy (non-hydrogen) atoms. The molecule has 3 rings (SSSR count). The van der Waals surface area contributed by atoms with Crippen LogP contribution < -0.4 is 20.5 Å². The molecule has 0 unspecified atom stereocenters. The van der Waals surface area contributed by atoms with Crippen LogP contribution in [-0.2, 0) is 0 Å². The first kappa shape index (κ1) is 14.8. The summed E-state index contributed by atoms with van der Waals surface area (Å²) in [5, 5.41) is 3.31. The normalized spacial score (nSPS) is 10.1. The number of nitrogen functional groups attached to an aromatic ring is 1. The largest absolute Gasteiger partial charge is 0.497 e. The Labute approximate surface area is 135 Å². The highest BCUT2D eigenvalue weighted by Crippen LogP contribution is 2.26. The molecule has 3 aromatic rings.